The Bertz CT molecular complexity index is 2890. The van der Waals surface area contributed by atoms with E-state index in [2.05, 4.69) is 152 Å². The van der Waals surface area contributed by atoms with E-state index in [0.717, 1.165) is 39.3 Å². The maximum absolute atomic E-state index is 5.20. The van der Waals surface area contributed by atoms with Gasteiger partial charge in [-0.3, -0.25) is 4.98 Å². The van der Waals surface area contributed by atoms with E-state index in [-0.39, 0.29) is 0 Å². The Kier molecular flexibility index (Phi) is 6.53. The van der Waals surface area contributed by atoms with Crippen LogP contribution in [0, 0.1) is 0 Å². The highest BCUT2D eigenvalue weighted by molar-refractivity contribution is 6.33. The number of rotatable bonds is 4. The Morgan fingerprint density at radius 1 is 0.300 bits per heavy atom. The van der Waals surface area contributed by atoms with E-state index in [1.54, 1.807) is 0 Å². The average molecular weight is 635 g/mol. The van der Waals surface area contributed by atoms with Crippen LogP contribution in [0.3, 0.4) is 0 Å². The summed E-state index contributed by atoms with van der Waals surface area (Å²) in [6.07, 6.45) is 1.90. The standard InChI is InChI=1S/C48H30N2/c1-3-12-34(13-4-1)47-48(35-14-5-2-6-15-35)50-44(30-49-47)32-24-22-31(23-25-32)37-28-36-27-26-33-16-11-21-42-40-19-9-7-17-38(40)39-18-8-10-20-41(39)43(29-37)46(36)45(33)42/h1-30H. The highest BCUT2D eigenvalue weighted by Gasteiger charge is 2.16. The molecule has 0 amide bonds. The molecule has 50 heavy (non-hydrogen) atoms. The molecule has 9 aromatic carbocycles. The smallest absolute Gasteiger partial charge is 0.0972 e. The first-order valence-electron chi connectivity index (χ1n) is 17.1. The fraction of sp³-hybridized carbons (Fsp3) is 0. The molecule has 0 aliphatic rings. The van der Waals surface area contributed by atoms with Crippen LogP contribution < -0.4 is 0 Å². The molecule has 0 saturated heterocycles. The highest BCUT2D eigenvalue weighted by Crippen LogP contribution is 2.42. The molecule has 0 radical (unpaired) electrons. The Hall–Kier alpha value is -6.64. The maximum atomic E-state index is 5.20. The summed E-state index contributed by atoms with van der Waals surface area (Å²) in [6, 6.07) is 63.1. The fourth-order valence-corrected chi connectivity index (χ4v) is 7.72. The van der Waals surface area contributed by atoms with Crippen molar-refractivity contribution < 1.29 is 0 Å². The molecule has 0 bridgehead atoms. The summed E-state index contributed by atoms with van der Waals surface area (Å²) in [4.78, 5) is 10.2. The van der Waals surface area contributed by atoms with Crippen molar-refractivity contribution >= 4 is 53.9 Å². The molecule has 0 aliphatic heterocycles. The first-order valence-corrected chi connectivity index (χ1v) is 17.1. The summed E-state index contributed by atoms with van der Waals surface area (Å²) in [5.41, 5.74) is 8.10. The zero-order chi connectivity index (χ0) is 33.0. The van der Waals surface area contributed by atoms with Gasteiger partial charge >= 0.3 is 0 Å². The van der Waals surface area contributed by atoms with Crippen molar-refractivity contribution in [1.29, 1.82) is 0 Å². The van der Waals surface area contributed by atoms with Crippen LogP contribution in [0.15, 0.2) is 182 Å². The van der Waals surface area contributed by atoms with Crippen LogP contribution in [0.5, 0.6) is 0 Å². The van der Waals surface area contributed by atoms with E-state index in [9.17, 15) is 0 Å². The quantitative estimate of drug-likeness (QED) is 0.180. The molecule has 2 heteroatoms. The molecule has 2 nitrogen and oxygen atoms in total. The third-order valence-electron chi connectivity index (χ3n) is 10.1. The number of hydrogen-bond acceptors (Lipinski definition) is 2. The molecule has 1 aromatic heterocycles. The van der Waals surface area contributed by atoms with Gasteiger partial charge in [0.1, 0.15) is 0 Å². The van der Waals surface area contributed by atoms with Crippen LogP contribution in [0.4, 0.5) is 0 Å². The summed E-state index contributed by atoms with van der Waals surface area (Å²) in [7, 11) is 0. The summed E-state index contributed by atoms with van der Waals surface area (Å²) in [5, 5.41) is 12.7. The first-order chi connectivity index (χ1) is 24.8. The number of benzene rings is 8. The van der Waals surface area contributed by atoms with Crippen LogP contribution in [-0.4, -0.2) is 9.97 Å². The topological polar surface area (TPSA) is 25.8 Å². The lowest BCUT2D eigenvalue weighted by Gasteiger charge is -2.15. The minimum Gasteiger partial charge on any atom is -0.252 e. The van der Waals surface area contributed by atoms with Crippen molar-refractivity contribution in [2.45, 2.75) is 0 Å². The Labute approximate surface area is 290 Å². The molecule has 0 fully saturated rings. The third-order valence-corrected chi connectivity index (χ3v) is 10.1. The van der Waals surface area contributed by atoms with Gasteiger partial charge in [-0.2, -0.15) is 0 Å². The monoisotopic (exact) mass is 634 g/mol. The van der Waals surface area contributed by atoms with Gasteiger partial charge in [-0.25, -0.2) is 4.98 Å². The van der Waals surface area contributed by atoms with Crippen molar-refractivity contribution in [2.75, 3.05) is 0 Å². The second kappa shape index (κ2) is 11.5. The summed E-state index contributed by atoms with van der Waals surface area (Å²) >= 11 is 0. The lowest BCUT2D eigenvalue weighted by atomic mass is 9.88. The predicted octanol–water partition coefficient (Wildman–Crippen LogP) is 12.9. The summed E-state index contributed by atoms with van der Waals surface area (Å²) in [6.45, 7) is 0. The Morgan fingerprint density at radius 2 is 0.820 bits per heavy atom. The third kappa shape index (κ3) is 4.57. The van der Waals surface area contributed by atoms with Crippen molar-refractivity contribution in [3.8, 4) is 44.9 Å². The van der Waals surface area contributed by atoms with Gasteiger partial charge in [0.25, 0.3) is 0 Å². The van der Waals surface area contributed by atoms with Crippen molar-refractivity contribution in [3.05, 3.63) is 182 Å². The van der Waals surface area contributed by atoms with E-state index in [1.165, 1.54) is 59.4 Å². The second-order valence-electron chi connectivity index (χ2n) is 12.9. The van der Waals surface area contributed by atoms with Crippen LogP contribution in [-0.2, 0) is 0 Å². The Morgan fingerprint density at radius 3 is 1.50 bits per heavy atom. The van der Waals surface area contributed by atoms with Gasteiger partial charge in [-0.05, 0) is 77.1 Å². The summed E-state index contributed by atoms with van der Waals surface area (Å²) < 4.78 is 0. The number of hydrogen-bond donors (Lipinski definition) is 0. The Balaban J connectivity index is 1.16. The van der Waals surface area contributed by atoms with Gasteiger partial charge in [-0.1, -0.05) is 164 Å². The zero-order valence-electron chi connectivity index (χ0n) is 27.2. The lowest BCUT2D eigenvalue weighted by molar-refractivity contribution is 1.21. The highest BCUT2D eigenvalue weighted by atomic mass is 14.8. The molecule has 0 aliphatic carbocycles. The summed E-state index contributed by atoms with van der Waals surface area (Å²) in [5.74, 6) is 0. The largest absolute Gasteiger partial charge is 0.252 e. The van der Waals surface area contributed by atoms with E-state index < -0.39 is 0 Å². The predicted molar refractivity (Wildman–Crippen MR) is 211 cm³/mol. The number of aromatic nitrogens is 2. The lowest BCUT2D eigenvalue weighted by Crippen LogP contribution is -1.96. The average Bonchev–Trinajstić information content (AvgIpc) is 3.20. The van der Waals surface area contributed by atoms with Crippen LogP contribution >= 0.6 is 0 Å². The maximum Gasteiger partial charge on any atom is 0.0972 e. The number of fused-ring (bicyclic) bond motifs is 5. The molecule has 0 N–H and O–H groups in total. The van der Waals surface area contributed by atoms with Gasteiger partial charge in [0, 0.05) is 16.7 Å². The van der Waals surface area contributed by atoms with Crippen molar-refractivity contribution in [3.63, 3.8) is 0 Å². The zero-order valence-corrected chi connectivity index (χ0v) is 27.2. The molecule has 10 aromatic rings. The van der Waals surface area contributed by atoms with Gasteiger partial charge < -0.3 is 0 Å². The number of nitrogens with zero attached hydrogens (tertiary/aromatic N) is 2. The van der Waals surface area contributed by atoms with E-state index >= 15 is 0 Å². The van der Waals surface area contributed by atoms with Crippen molar-refractivity contribution in [1.82, 2.24) is 9.97 Å². The van der Waals surface area contributed by atoms with Gasteiger partial charge in [0.15, 0.2) is 0 Å². The fourth-order valence-electron chi connectivity index (χ4n) is 7.72. The van der Waals surface area contributed by atoms with Gasteiger partial charge in [0.2, 0.25) is 0 Å². The van der Waals surface area contributed by atoms with Gasteiger partial charge in [0.05, 0.1) is 23.3 Å². The minimum absolute atomic E-state index is 0.850. The molecule has 232 valence electrons. The van der Waals surface area contributed by atoms with Crippen LogP contribution in [0.1, 0.15) is 0 Å². The molecule has 0 saturated carbocycles. The molecule has 0 unspecified atom stereocenters. The van der Waals surface area contributed by atoms with E-state index in [4.69, 9.17) is 9.97 Å². The second-order valence-corrected chi connectivity index (χ2v) is 12.9. The molecular formula is C48H30N2. The molecule has 0 atom stereocenters. The minimum atomic E-state index is 0.850. The van der Waals surface area contributed by atoms with Gasteiger partial charge in [-0.15, -0.1) is 0 Å². The molecule has 0 spiro atoms. The molecule has 10 rings (SSSR count). The SMILES string of the molecule is c1ccc(-c2ncc(-c3ccc(-c4cc5ccc6cccc7c8ccccc8c8ccccc8c(c4)c5c67)cc3)nc2-c2ccccc2)cc1. The first kappa shape index (κ1) is 28.4. The normalized spacial score (nSPS) is 11.6. The molecular weight excluding hydrogens is 605 g/mol. The van der Waals surface area contributed by atoms with E-state index in [0.29, 0.717) is 0 Å². The van der Waals surface area contributed by atoms with Crippen LogP contribution in [0.25, 0.3) is 98.8 Å². The molecule has 1 heterocycles. The van der Waals surface area contributed by atoms with Crippen LogP contribution in [0.2, 0.25) is 0 Å². The van der Waals surface area contributed by atoms with E-state index in [1.807, 2.05) is 30.5 Å². The van der Waals surface area contributed by atoms with Crippen molar-refractivity contribution in [2.24, 2.45) is 0 Å².